The molecule has 2 aromatic carbocycles. The van der Waals surface area contributed by atoms with Crippen LogP contribution in [-0.4, -0.2) is 28.1 Å². The van der Waals surface area contributed by atoms with E-state index in [1.54, 1.807) is 44.2 Å². The van der Waals surface area contributed by atoms with E-state index in [0.29, 0.717) is 35.2 Å². The third kappa shape index (κ3) is 4.06. The molecule has 0 spiro atoms. The van der Waals surface area contributed by atoms with Crippen LogP contribution in [0.2, 0.25) is 0 Å². The highest BCUT2D eigenvalue weighted by Crippen LogP contribution is 2.47. The molecule has 1 atom stereocenters. The molecule has 1 aromatic heterocycles. The van der Waals surface area contributed by atoms with Crippen molar-refractivity contribution in [3.05, 3.63) is 74.5 Å². The van der Waals surface area contributed by atoms with Gasteiger partial charge >= 0.3 is 6.18 Å². The molecule has 0 amide bonds. The van der Waals surface area contributed by atoms with Crippen LogP contribution in [0.25, 0.3) is 10.9 Å². The number of aromatic nitrogens is 1. The molecule has 2 heterocycles. The lowest BCUT2D eigenvalue weighted by Crippen LogP contribution is -2.52. The van der Waals surface area contributed by atoms with Crippen molar-refractivity contribution < 1.29 is 23.0 Å². The molecule has 0 saturated heterocycles. The molecule has 1 aliphatic heterocycles. The van der Waals surface area contributed by atoms with Gasteiger partial charge in [-0.05, 0) is 41.7 Å². The third-order valence-electron chi connectivity index (χ3n) is 6.06. The first kappa shape index (κ1) is 22.9. The molecule has 4 rings (SSSR count). The lowest BCUT2D eigenvalue weighted by molar-refractivity contribution is -0.271. The second-order valence-corrected chi connectivity index (χ2v) is 9.87. The van der Waals surface area contributed by atoms with Crippen LogP contribution < -0.4 is 10.2 Å². The lowest BCUT2D eigenvalue weighted by atomic mass is 9.74. The number of aliphatic hydroxyl groups is 1. The highest BCUT2D eigenvalue weighted by molar-refractivity contribution is 9.10. The monoisotopic (exact) mass is 509 g/mol. The van der Waals surface area contributed by atoms with Crippen molar-refractivity contribution in [1.29, 1.82) is 0 Å². The number of rotatable bonds is 5. The van der Waals surface area contributed by atoms with Gasteiger partial charge in [0.1, 0.15) is 5.75 Å². The first-order valence-corrected chi connectivity index (χ1v) is 11.0. The number of hydrogen-bond acceptors (Lipinski definition) is 3. The molecule has 4 nitrogen and oxygen atoms in total. The summed E-state index contributed by atoms with van der Waals surface area (Å²) in [5.41, 5.74) is -2.49. The molecular weight excluding hydrogens is 487 g/mol. The van der Waals surface area contributed by atoms with E-state index in [-0.39, 0.29) is 5.43 Å². The average Bonchev–Trinajstić information content (AvgIpc) is 3.16. The third-order valence-corrected chi connectivity index (χ3v) is 6.51. The van der Waals surface area contributed by atoms with Crippen LogP contribution in [0.1, 0.15) is 31.4 Å². The number of hydrogen-bond donors (Lipinski definition) is 1. The zero-order chi connectivity index (χ0) is 23.3. The summed E-state index contributed by atoms with van der Waals surface area (Å²) in [6.07, 6.45) is -3.50. The van der Waals surface area contributed by atoms with Gasteiger partial charge in [-0.2, -0.15) is 13.2 Å². The summed E-state index contributed by atoms with van der Waals surface area (Å²) in [6.45, 7) is 3.09. The van der Waals surface area contributed by atoms with E-state index in [0.717, 1.165) is 10.0 Å². The Morgan fingerprint density at radius 2 is 1.88 bits per heavy atom. The molecule has 0 bridgehead atoms. The molecular formula is C24H23BrF3NO3. The highest BCUT2D eigenvalue weighted by atomic mass is 79.9. The number of halogens is 4. The van der Waals surface area contributed by atoms with Gasteiger partial charge in [0.05, 0.1) is 18.7 Å². The minimum Gasteiger partial charge on any atom is -0.493 e. The normalized spacial score (nSPS) is 16.0. The van der Waals surface area contributed by atoms with Crippen LogP contribution in [0.15, 0.2) is 57.9 Å². The standard InChI is InChI=1S/C24H23BrF3NO3/c1-22(2,18-12-16(25)11-15-8-10-32-21(15)18)13-23(31,24(26,27)28)14-29-9-7-20(30)17-5-3-4-6-19(17)29/h3-7,9,11-12,31H,8,10,13-14H2,1-2H3. The molecule has 1 aliphatic rings. The van der Waals surface area contributed by atoms with E-state index in [9.17, 15) is 23.1 Å². The van der Waals surface area contributed by atoms with Crippen LogP contribution in [0.3, 0.4) is 0 Å². The van der Waals surface area contributed by atoms with Crippen molar-refractivity contribution in [2.45, 2.75) is 50.4 Å². The quantitative estimate of drug-likeness (QED) is 0.503. The van der Waals surface area contributed by atoms with E-state index in [1.807, 2.05) is 6.07 Å². The fourth-order valence-electron chi connectivity index (χ4n) is 4.52. The summed E-state index contributed by atoms with van der Waals surface area (Å²) in [5, 5.41) is 11.4. The Kier molecular flexibility index (Phi) is 5.66. The van der Waals surface area contributed by atoms with Gasteiger partial charge < -0.3 is 14.4 Å². The maximum atomic E-state index is 14.3. The summed E-state index contributed by atoms with van der Waals surface area (Å²) in [6, 6.07) is 11.3. The van der Waals surface area contributed by atoms with Gasteiger partial charge in [0.15, 0.2) is 11.0 Å². The molecule has 8 heteroatoms. The number of alkyl halides is 3. The number of nitrogens with zero attached hydrogens (tertiary/aromatic N) is 1. The highest BCUT2D eigenvalue weighted by Gasteiger charge is 2.56. The summed E-state index contributed by atoms with van der Waals surface area (Å²) in [7, 11) is 0. The van der Waals surface area contributed by atoms with Crippen molar-refractivity contribution in [2.75, 3.05) is 6.61 Å². The number of benzene rings is 2. The maximum absolute atomic E-state index is 14.3. The summed E-state index contributed by atoms with van der Waals surface area (Å²) < 4.78 is 50.7. The van der Waals surface area contributed by atoms with Crippen LogP contribution in [0.5, 0.6) is 5.75 Å². The largest absolute Gasteiger partial charge is 0.493 e. The van der Waals surface area contributed by atoms with Gasteiger partial charge in [-0.15, -0.1) is 0 Å². The van der Waals surface area contributed by atoms with Crippen molar-refractivity contribution in [3.8, 4) is 5.75 Å². The van der Waals surface area contributed by atoms with Gasteiger partial charge in [-0.3, -0.25) is 4.79 Å². The van der Waals surface area contributed by atoms with E-state index in [1.165, 1.54) is 16.8 Å². The fraction of sp³-hybridized carbons (Fsp3) is 0.375. The van der Waals surface area contributed by atoms with Gasteiger partial charge in [0.25, 0.3) is 0 Å². The fourth-order valence-corrected chi connectivity index (χ4v) is 5.03. The van der Waals surface area contributed by atoms with E-state index in [4.69, 9.17) is 4.74 Å². The maximum Gasteiger partial charge on any atom is 0.418 e. The predicted molar refractivity (Wildman–Crippen MR) is 120 cm³/mol. The summed E-state index contributed by atoms with van der Waals surface area (Å²) in [5.74, 6) is 0.594. The first-order valence-electron chi connectivity index (χ1n) is 10.2. The van der Waals surface area contributed by atoms with E-state index >= 15 is 0 Å². The Hall–Kier alpha value is -2.32. The SMILES string of the molecule is CC(C)(CC(O)(Cn1ccc(=O)c2ccccc21)C(F)(F)F)c1cc(Br)cc2c1OCC2. The van der Waals surface area contributed by atoms with Crippen molar-refractivity contribution in [2.24, 2.45) is 0 Å². The molecule has 170 valence electrons. The van der Waals surface area contributed by atoms with Gasteiger partial charge in [-0.25, -0.2) is 0 Å². The Labute approximate surface area is 191 Å². The number of ether oxygens (including phenoxy) is 1. The molecule has 0 aliphatic carbocycles. The molecule has 3 aromatic rings. The molecule has 0 fully saturated rings. The number of para-hydroxylation sites is 1. The zero-order valence-corrected chi connectivity index (χ0v) is 19.3. The minimum atomic E-state index is -4.90. The van der Waals surface area contributed by atoms with E-state index < -0.39 is 30.2 Å². The topological polar surface area (TPSA) is 51.5 Å². The smallest absolute Gasteiger partial charge is 0.418 e. The van der Waals surface area contributed by atoms with Crippen LogP contribution >= 0.6 is 15.9 Å². The predicted octanol–water partition coefficient (Wildman–Crippen LogP) is 5.36. The van der Waals surface area contributed by atoms with Crippen molar-refractivity contribution in [1.82, 2.24) is 4.57 Å². The zero-order valence-electron chi connectivity index (χ0n) is 17.7. The lowest BCUT2D eigenvalue weighted by Gasteiger charge is -2.39. The Morgan fingerprint density at radius 1 is 1.16 bits per heavy atom. The van der Waals surface area contributed by atoms with Crippen LogP contribution in [-0.2, 0) is 18.4 Å². The van der Waals surface area contributed by atoms with Gasteiger partial charge in [0.2, 0.25) is 0 Å². The molecule has 0 saturated carbocycles. The molecule has 1 unspecified atom stereocenters. The molecule has 0 radical (unpaired) electrons. The second kappa shape index (κ2) is 7.92. The van der Waals surface area contributed by atoms with Crippen LogP contribution in [0, 0.1) is 0 Å². The van der Waals surface area contributed by atoms with Crippen LogP contribution in [0.4, 0.5) is 13.2 Å². The van der Waals surface area contributed by atoms with Gasteiger partial charge in [-0.1, -0.05) is 41.9 Å². The van der Waals surface area contributed by atoms with Crippen molar-refractivity contribution in [3.63, 3.8) is 0 Å². The minimum absolute atomic E-state index is 0.283. The van der Waals surface area contributed by atoms with E-state index in [2.05, 4.69) is 15.9 Å². The summed E-state index contributed by atoms with van der Waals surface area (Å²) in [4.78, 5) is 12.1. The Morgan fingerprint density at radius 3 is 2.59 bits per heavy atom. The van der Waals surface area contributed by atoms with Crippen molar-refractivity contribution >= 4 is 26.8 Å². The molecule has 1 N–H and O–H groups in total. The number of pyridine rings is 1. The number of fused-ring (bicyclic) bond motifs is 2. The average molecular weight is 510 g/mol. The Bertz CT molecular complexity index is 1240. The van der Waals surface area contributed by atoms with Gasteiger partial charge in [0, 0.05) is 34.1 Å². The Balaban J connectivity index is 1.77. The summed E-state index contributed by atoms with van der Waals surface area (Å²) >= 11 is 3.44. The second-order valence-electron chi connectivity index (χ2n) is 8.96. The first-order chi connectivity index (χ1) is 14.9. The molecule has 32 heavy (non-hydrogen) atoms.